The molecule has 0 aliphatic carbocycles. The molecule has 2 unspecified atom stereocenters. The van der Waals surface area contributed by atoms with E-state index in [0.29, 0.717) is 6.42 Å². The number of likely N-dealkylation sites (N-methyl/N-ethyl adjacent to an activating group) is 3. The summed E-state index contributed by atoms with van der Waals surface area (Å²) in [5, 5.41) is 29.1. The van der Waals surface area contributed by atoms with Crippen molar-refractivity contribution in [2.45, 2.75) is 109 Å². The molecule has 0 radical (unpaired) electrons. The van der Waals surface area contributed by atoms with Crippen LogP contribution >= 0.6 is 12.4 Å². The maximum Gasteiger partial charge on any atom is 0.303 e. The normalized spacial score (nSPS) is 13.7. The third-order valence-electron chi connectivity index (χ3n) is 5.92. The SMILES string of the molecule is CCCCCCCCCCCCCC(CC(=O)O)CC(O)C(NC)(NC)NC.Cl. The molecule has 0 aromatic heterocycles. The van der Waals surface area contributed by atoms with E-state index in [1.165, 1.54) is 57.8 Å². The van der Waals surface area contributed by atoms with Crippen LogP contribution in [0.5, 0.6) is 0 Å². The van der Waals surface area contributed by atoms with Gasteiger partial charge in [-0.1, -0.05) is 77.6 Å². The van der Waals surface area contributed by atoms with E-state index >= 15 is 0 Å². The molecule has 0 bridgehead atoms. The number of aliphatic hydroxyl groups is 1. The molecule has 6 nitrogen and oxygen atoms in total. The minimum Gasteiger partial charge on any atom is -0.481 e. The van der Waals surface area contributed by atoms with Gasteiger partial charge in [0.1, 0.15) is 5.79 Å². The Kier molecular flexibility index (Phi) is 20.8. The zero-order valence-corrected chi connectivity index (χ0v) is 20.1. The Hall–Kier alpha value is -0.400. The van der Waals surface area contributed by atoms with E-state index < -0.39 is 17.9 Å². The lowest BCUT2D eigenvalue weighted by molar-refractivity contribution is -0.138. The van der Waals surface area contributed by atoms with Gasteiger partial charge in [-0.25, -0.2) is 0 Å². The van der Waals surface area contributed by atoms with E-state index in [-0.39, 0.29) is 24.7 Å². The highest BCUT2D eigenvalue weighted by atomic mass is 35.5. The van der Waals surface area contributed by atoms with Gasteiger partial charge < -0.3 is 10.2 Å². The number of carboxylic acids is 1. The maximum absolute atomic E-state index is 11.2. The molecule has 7 heteroatoms. The number of unbranched alkanes of at least 4 members (excludes halogenated alkanes) is 10. The summed E-state index contributed by atoms with van der Waals surface area (Å²) in [6, 6.07) is 0. The smallest absolute Gasteiger partial charge is 0.303 e. The molecule has 0 aromatic carbocycles. The molecule has 0 fully saturated rings. The first-order chi connectivity index (χ1) is 13.5. The summed E-state index contributed by atoms with van der Waals surface area (Å²) in [6.07, 6.45) is 14.8. The van der Waals surface area contributed by atoms with Crippen molar-refractivity contribution in [1.82, 2.24) is 16.0 Å². The summed E-state index contributed by atoms with van der Waals surface area (Å²) in [6.45, 7) is 2.25. The van der Waals surface area contributed by atoms with E-state index in [4.69, 9.17) is 0 Å². The van der Waals surface area contributed by atoms with Gasteiger partial charge >= 0.3 is 5.97 Å². The number of nitrogens with one attached hydrogen (secondary N) is 3. The van der Waals surface area contributed by atoms with Crippen molar-refractivity contribution in [2.24, 2.45) is 5.92 Å². The Labute approximate surface area is 185 Å². The highest BCUT2D eigenvalue weighted by Gasteiger charge is 2.35. The fraction of sp³-hybridized carbons (Fsp3) is 0.955. The van der Waals surface area contributed by atoms with Crippen molar-refractivity contribution in [3.8, 4) is 0 Å². The molecule has 0 amide bonds. The molecule has 0 saturated heterocycles. The van der Waals surface area contributed by atoms with Crippen LogP contribution in [0.2, 0.25) is 0 Å². The molecule has 2 atom stereocenters. The summed E-state index contributed by atoms with van der Waals surface area (Å²) < 4.78 is 0. The van der Waals surface area contributed by atoms with E-state index in [9.17, 15) is 15.0 Å². The molecule has 0 spiro atoms. The second-order valence-electron chi connectivity index (χ2n) is 8.10. The lowest BCUT2D eigenvalue weighted by atomic mass is 9.89. The van der Waals surface area contributed by atoms with E-state index in [0.717, 1.165) is 19.3 Å². The van der Waals surface area contributed by atoms with E-state index in [2.05, 4.69) is 22.9 Å². The molecule has 0 aliphatic rings. The third-order valence-corrected chi connectivity index (χ3v) is 5.92. The van der Waals surface area contributed by atoms with Crippen molar-refractivity contribution in [3.05, 3.63) is 0 Å². The molecule has 0 heterocycles. The molecular weight excluding hydrogens is 390 g/mol. The van der Waals surface area contributed by atoms with Crippen molar-refractivity contribution in [2.75, 3.05) is 21.1 Å². The van der Waals surface area contributed by atoms with Crippen LogP contribution in [0.25, 0.3) is 0 Å². The maximum atomic E-state index is 11.2. The van der Waals surface area contributed by atoms with Gasteiger partial charge in [0.2, 0.25) is 0 Å². The van der Waals surface area contributed by atoms with Crippen LogP contribution in [0.15, 0.2) is 0 Å². The standard InChI is InChI=1S/C22H47N3O3.ClH/c1-5-6-7-8-9-10-11-12-13-14-15-16-19(18-21(27)28)17-20(26)22(23-2,24-3)25-4;/h19-20,23-26H,5-18H2,1-4H3,(H,27,28);1H. The fourth-order valence-corrected chi connectivity index (χ4v) is 4.01. The number of rotatable bonds is 20. The first-order valence-electron chi connectivity index (χ1n) is 11.4. The van der Waals surface area contributed by atoms with Crippen LogP contribution in [-0.4, -0.2) is 49.2 Å². The molecule has 176 valence electrons. The summed E-state index contributed by atoms with van der Waals surface area (Å²) >= 11 is 0. The molecule has 0 rings (SSSR count). The first kappa shape index (κ1) is 30.8. The van der Waals surface area contributed by atoms with E-state index in [1.54, 1.807) is 21.1 Å². The topological polar surface area (TPSA) is 93.6 Å². The Morgan fingerprint density at radius 3 is 1.62 bits per heavy atom. The molecule has 0 saturated carbocycles. The summed E-state index contributed by atoms with van der Waals surface area (Å²) in [7, 11) is 5.31. The monoisotopic (exact) mass is 437 g/mol. The first-order valence-corrected chi connectivity index (χ1v) is 11.4. The number of hydrogen-bond donors (Lipinski definition) is 5. The Morgan fingerprint density at radius 1 is 0.828 bits per heavy atom. The molecule has 0 aromatic rings. The van der Waals surface area contributed by atoms with Gasteiger partial charge in [-0.3, -0.25) is 20.7 Å². The van der Waals surface area contributed by atoms with Crippen LogP contribution in [0.3, 0.4) is 0 Å². The van der Waals surface area contributed by atoms with Gasteiger partial charge in [-0.2, -0.15) is 0 Å². The Bertz CT molecular complexity index is 374. The van der Waals surface area contributed by atoms with Crippen molar-refractivity contribution < 1.29 is 15.0 Å². The summed E-state index contributed by atoms with van der Waals surface area (Å²) in [5.41, 5.74) is 0. The molecule has 0 aliphatic heterocycles. The lowest BCUT2D eigenvalue weighted by Gasteiger charge is -2.38. The lowest BCUT2D eigenvalue weighted by Crippen LogP contribution is -2.70. The van der Waals surface area contributed by atoms with Gasteiger partial charge in [-0.15, -0.1) is 12.4 Å². The minimum absolute atomic E-state index is 0. The summed E-state index contributed by atoms with van der Waals surface area (Å²) in [5.74, 6) is -1.60. The number of hydrogen-bond acceptors (Lipinski definition) is 5. The van der Waals surface area contributed by atoms with Gasteiger partial charge in [0, 0.05) is 6.42 Å². The second kappa shape index (κ2) is 19.6. The largest absolute Gasteiger partial charge is 0.481 e. The van der Waals surface area contributed by atoms with Crippen molar-refractivity contribution in [1.29, 1.82) is 0 Å². The predicted molar refractivity (Wildman–Crippen MR) is 125 cm³/mol. The zero-order valence-electron chi connectivity index (χ0n) is 19.3. The third kappa shape index (κ3) is 14.3. The highest BCUT2D eigenvalue weighted by Crippen LogP contribution is 2.23. The average molecular weight is 438 g/mol. The van der Waals surface area contributed by atoms with Crippen LogP contribution in [0.1, 0.15) is 96.8 Å². The average Bonchev–Trinajstić information content (AvgIpc) is 2.67. The second-order valence-corrected chi connectivity index (χ2v) is 8.10. The Balaban J connectivity index is 0. The predicted octanol–water partition coefficient (Wildman–Crippen LogP) is 4.26. The fourth-order valence-electron chi connectivity index (χ4n) is 4.01. The van der Waals surface area contributed by atoms with Gasteiger partial charge in [0.05, 0.1) is 6.10 Å². The minimum atomic E-state index is -0.798. The quantitative estimate of drug-likeness (QED) is 0.144. The van der Waals surface area contributed by atoms with Gasteiger partial charge in [0.25, 0.3) is 0 Å². The molecule has 29 heavy (non-hydrogen) atoms. The molecular formula is C22H48ClN3O3. The summed E-state index contributed by atoms with van der Waals surface area (Å²) in [4.78, 5) is 11.2. The number of aliphatic carboxylic acids is 1. The van der Waals surface area contributed by atoms with Crippen LogP contribution < -0.4 is 16.0 Å². The van der Waals surface area contributed by atoms with E-state index in [1.807, 2.05) is 0 Å². The Morgan fingerprint density at radius 2 is 1.24 bits per heavy atom. The van der Waals surface area contributed by atoms with Gasteiger partial charge in [0.15, 0.2) is 0 Å². The number of carboxylic acid groups (broad SMARTS) is 1. The van der Waals surface area contributed by atoms with Crippen LogP contribution in [0, 0.1) is 5.92 Å². The van der Waals surface area contributed by atoms with Gasteiger partial charge in [-0.05, 0) is 39.9 Å². The van der Waals surface area contributed by atoms with Crippen molar-refractivity contribution in [3.63, 3.8) is 0 Å². The number of halogens is 1. The van der Waals surface area contributed by atoms with Crippen molar-refractivity contribution >= 4 is 18.4 Å². The van der Waals surface area contributed by atoms with Crippen LogP contribution in [0.4, 0.5) is 0 Å². The zero-order chi connectivity index (χ0) is 21.3. The highest BCUT2D eigenvalue weighted by molar-refractivity contribution is 5.85. The molecule has 5 N–H and O–H groups in total. The van der Waals surface area contributed by atoms with Crippen LogP contribution in [-0.2, 0) is 4.79 Å². The number of carbonyl (C=O) groups is 1. The number of aliphatic hydroxyl groups excluding tert-OH is 1.